The third-order valence-corrected chi connectivity index (χ3v) is 2.86. The van der Waals surface area contributed by atoms with E-state index in [-0.39, 0.29) is 11.7 Å². The van der Waals surface area contributed by atoms with Gasteiger partial charge < -0.3 is 9.64 Å². The van der Waals surface area contributed by atoms with Crippen molar-refractivity contribution in [2.45, 2.75) is 6.92 Å². The van der Waals surface area contributed by atoms with Gasteiger partial charge >= 0.3 is 0 Å². The van der Waals surface area contributed by atoms with E-state index in [0.29, 0.717) is 24.6 Å². The van der Waals surface area contributed by atoms with Crippen LogP contribution in [0.1, 0.15) is 16.2 Å². The van der Waals surface area contributed by atoms with Crippen molar-refractivity contribution in [3.05, 3.63) is 53.9 Å². The number of carbonyl (C=O) groups excluding carboxylic acids is 1. The Morgan fingerprint density at radius 3 is 2.57 bits per heavy atom. The molecule has 5 nitrogen and oxygen atoms in total. The second kappa shape index (κ2) is 6.78. The topological polar surface area (TPSA) is 55.3 Å². The van der Waals surface area contributed by atoms with E-state index in [1.165, 1.54) is 23.2 Å². The largest absolute Gasteiger partial charge is 0.492 e. The van der Waals surface area contributed by atoms with Crippen molar-refractivity contribution < 1.29 is 13.9 Å². The highest BCUT2D eigenvalue weighted by Gasteiger charge is 2.13. The molecule has 0 aliphatic rings. The Hall–Kier alpha value is -2.50. The highest BCUT2D eigenvalue weighted by Crippen LogP contribution is 2.10. The second-order valence-electron chi connectivity index (χ2n) is 4.57. The summed E-state index contributed by atoms with van der Waals surface area (Å²) in [5.41, 5.74) is 1.05. The molecule has 0 unspecified atom stereocenters. The fourth-order valence-corrected chi connectivity index (χ4v) is 1.63. The Balaban J connectivity index is 1.83. The Bertz CT molecular complexity index is 599. The highest BCUT2D eigenvalue weighted by molar-refractivity contribution is 5.91. The second-order valence-corrected chi connectivity index (χ2v) is 4.57. The van der Waals surface area contributed by atoms with Crippen LogP contribution < -0.4 is 4.74 Å². The molecule has 0 atom stereocenters. The Morgan fingerprint density at radius 1 is 1.24 bits per heavy atom. The molecule has 0 fully saturated rings. The maximum absolute atomic E-state index is 12.7. The number of carbonyl (C=O) groups is 1. The van der Waals surface area contributed by atoms with Crippen molar-refractivity contribution in [1.82, 2.24) is 14.9 Å². The number of halogens is 1. The Labute approximate surface area is 122 Å². The first-order chi connectivity index (χ1) is 10.1. The van der Waals surface area contributed by atoms with Crippen molar-refractivity contribution >= 4 is 5.91 Å². The molecule has 1 heterocycles. The number of amides is 1. The van der Waals surface area contributed by atoms with Crippen LogP contribution in [0.5, 0.6) is 5.75 Å². The summed E-state index contributed by atoms with van der Waals surface area (Å²) in [5, 5.41) is 0. The van der Waals surface area contributed by atoms with Crippen LogP contribution in [0.25, 0.3) is 0 Å². The molecular formula is C15H16FN3O2. The number of hydrogen-bond donors (Lipinski definition) is 0. The molecule has 0 aliphatic heterocycles. The molecular weight excluding hydrogens is 273 g/mol. The van der Waals surface area contributed by atoms with Crippen molar-refractivity contribution in [1.29, 1.82) is 0 Å². The number of hydrogen-bond acceptors (Lipinski definition) is 4. The predicted molar refractivity (Wildman–Crippen MR) is 75.6 cm³/mol. The molecule has 0 spiro atoms. The van der Waals surface area contributed by atoms with Crippen LogP contribution in [0.2, 0.25) is 0 Å². The molecule has 0 saturated heterocycles. The smallest absolute Gasteiger partial charge is 0.273 e. The number of ether oxygens (including phenoxy) is 1. The van der Waals surface area contributed by atoms with E-state index in [4.69, 9.17) is 4.74 Å². The van der Waals surface area contributed by atoms with Gasteiger partial charge in [-0.3, -0.25) is 9.78 Å². The van der Waals surface area contributed by atoms with Gasteiger partial charge in [0, 0.05) is 13.2 Å². The summed E-state index contributed by atoms with van der Waals surface area (Å²) in [6.45, 7) is 2.51. The Kier molecular flexibility index (Phi) is 4.81. The first-order valence-electron chi connectivity index (χ1n) is 6.49. The SMILES string of the molecule is Cc1cnc(C(=O)N(C)CCOc2ccc(F)cc2)cn1. The van der Waals surface area contributed by atoms with Crippen molar-refractivity contribution in [3.63, 3.8) is 0 Å². The fraction of sp³-hybridized carbons (Fsp3) is 0.267. The monoisotopic (exact) mass is 289 g/mol. The number of aryl methyl sites for hydroxylation is 1. The van der Waals surface area contributed by atoms with Crippen LogP contribution in [0.4, 0.5) is 4.39 Å². The van der Waals surface area contributed by atoms with Gasteiger partial charge in [-0.1, -0.05) is 0 Å². The average molecular weight is 289 g/mol. The quantitative estimate of drug-likeness (QED) is 0.845. The first kappa shape index (κ1) is 14.9. The molecule has 6 heteroatoms. The minimum absolute atomic E-state index is 0.217. The van der Waals surface area contributed by atoms with Gasteiger partial charge in [0.05, 0.1) is 18.4 Å². The zero-order valence-corrected chi connectivity index (χ0v) is 11.9. The summed E-state index contributed by atoms with van der Waals surface area (Å²) < 4.78 is 18.2. The number of likely N-dealkylation sites (N-methyl/N-ethyl adjacent to an activating group) is 1. The summed E-state index contributed by atoms with van der Waals surface area (Å²) in [6, 6.07) is 5.74. The van der Waals surface area contributed by atoms with Gasteiger partial charge in [0.2, 0.25) is 0 Å². The predicted octanol–water partition coefficient (Wildman–Crippen LogP) is 2.08. The molecule has 1 aromatic heterocycles. The molecule has 2 rings (SSSR count). The first-order valence-corrected chi connectivity index (χ1v) is 6.49. The zero-order chi connectivity index (χ0) is 15.2. The van der Waals surface area contributed by atoms with Gasteiger partial charge in [0.25, 0.3) is 5.91 Å². The Morgan fingerprint density at radius 2 is 1.95 bits per heavy atom. The molecule has 0 radical (unpaired) electrons. The van der Waals surface area contributed by atoms with Gasteiger partial charge in [-0.2, -0.15) is 0 Å². The lowest BCUT2D eigenvalue weighted by atomic mass is 10.3. The van der Waals surface area contributed by atoms with Crippen molar-refractivity contribution in [3.8, 4) is 5.75 Å². The highest BCUT2D eigenvalue weighted by atomic mass is 19.1. The molecule has 0 aliphatic carbocycles. The van der Waals surface area contributed by atoms with Crippen LogP contribution in [-0.2, 0) is 0 Å². The number of benzene rings is 1. The summed E-state index contributed by atoms with van der Waals surface area (Å²) >= 11 is 0. The fourth-order valence-electron chi connectivity index (χ4n) is 1.63. The minimum Gasteiger partial charge on any atom is -0.492 e. The summed E-state index contributed by atoms with van der Waals surface area (Å²) in [4.78, 5) is 21.6. The van der Waals surface area contributed by atoms with E-state index < -0.39 is 0 Å². The van der Waals surface area contributed by atoms with Crippen LogP contribution >= 0.6 is 0 Å². The maximum Gasteiger partial charge on any atom is 0.273 e. The van der Waals surface area contributed by atoms with Crippen LogP contribution in [0.15, 0.2) is 36.7 Å². The minimum atomic E-state index is -0.312. The molecule has 0 N–H and O–H groups in total. The molecule has 2 aromatic rings. The zero-order valence-electron chi connectivity index (χ0n) is 11.9. The van der Waals surface area contributed by atoms with E-state index in [9.17, 15) is 9.18 Å². The lowest BCUT2D eigenvalue weighted by molar-refractivity contribution is 0.0767. The number of rotatable bonds is 5. The summed E-state index contributed by atoms with van der Waals surface area (Å²) in [7, 11) is 1.66. The van der Waals surface area contributed by atoms with Crippen molar-refractivity contribution in [2.75, 3.05) is 20.2 Å². The van der Waals surface area contributed by atoms with Gasteiger partial charge in [0.1, 0.15) is 23.9 Å². The van der Waals surface area contributed by atoms with Crippen LogP contribution in [-0.4, -0.2) is 41.0 Å². The molecule has 1 aromatic carbocycles. The maximum atomic E-state index is 12.7. The van der Waals surface area contributed by atoms with Gasteiger partial charge in [0.15, 0.2) is 0 Å². The normalized spacial score (nSPS) is 10.2. The molecule has 1 amide bonds. The lowest BCUT2D eigenvalue weighted by Crippen LogP contribution is -2.31. The van der Waals surface area contributed by atoms with Crippen LogP contribution in [0.3, 0.4) is 0 Å². The summed E-state index contributed by atoms with van der Waals surface area (Å²) in [6.07, 6.45) is 3.01. The third kappa shape index (κ3) is 4.24. The van der Waals surface area contributed by atoms with E-state index in [2.05, 4.69) is 9.97 Å². The number of nitrogens with zero attached hydrogens (tertiary/aromatic N) is 3. The van der Waals surface area contributed by atoms with E-state index in [1.807, 2.05) is 6.92 Å². The van der Waals surface area contributed by atoms with E-state index >= 15 is 0 Å². The van der Waals surface area contributed by atoms with Crippen molar-refractivity contribution in [2.24, 2.45) is 0 Å². The third-order valence-electron chi connectivity index (χ3n) is 2.86. The van der Waals surface area contributed by atoms with E-state index in [1.54, 1.807) is 25.4 Å². The number of aromatic nitrogens is 2. The lowest BCUT2D eigenvalue weighted by Gasteiger charge is -2.16. The van der Waals surface area contributed by atoms with Gasteiger partial charge in [-0.25, -0.2) is 9.37 Å². The van der Waals surface area contributed by atoms with Gasteiger partial charge in [-0.15, -0.1) is 0 Å². The van der Waals surface area contributed by atoms with Gasteiger partial charge in [-0.05, 0) is 31.2 Å². The summed E-state index contributed by atoms with van der Waals surface area (Å²) in [5.74, 6) is 0.0326. The molecule has 21 heavy (non-hydrogen) atoms. The average Bonchev–Trinajstić information content (AvgIpc) is 2.49. The molecule has 0 bridgehead atoms. The van der Waals surface area contributed by atoms with E-state index in [0.717, 1.165) is 5.69 Å². The molecule has 0 saturated carbocycles. The van der Waals surface area contributed by atoms with Crippen LogP contribution in [0, 0.1) is 12.7 Å². The molecule has 110 valence electrons. The standard InChI is InChI=1S/C15H16FN3O2/c1-11-9-18-14(10-17-11)15(20)19(2)7-8-21-13-5-3-12(16)4-6-13/h3-6,9-10H,7-8H2,1-2H3.